The summed E-state index contributed by atoms with van der Waals surface area (Å²) in [5, 5.41) is 8.77. The number of benzene rings is 2. The van der Waals surface area contributed by atoms with Crippen molar-refractivity contribution in [1.82, 2.24) is 4.90 Å². The highest BCUT2D eigenvalue weighted by molar-refractivity contribution is 9.10. The van der Waals surface area contributed by atoms with Crippen LogP contribution in [0.25, 0.3) is 0 Å². The second kappa shape index (κ2) is 6.51. The molecular weight excluding hydrogens is 300 g/mol. The van der Waals surface area contributed by atoms with Crippen molar-refractivity contribution < 1.29 is 0 Å². The highest BCUT2D eigenvalue weighted by Crippen LogP contribution is 2.18. The van der Waals surface area contributed by atoms with Gasteiger partial charge in [-0.1, -0.05) is 46.3 Å². The van der Waals surface area contributed by atoms with Crippen LogP contribution in [0.15, 0.2) is 53.0 Å². The van der Waals surface area contributed by atoms with E-state index in [1.807, 2.05) is 30.3 Å². The summed E-state index contributed by atoms with van der Waals surface area (Å²) < 4.78 is 1.14. The van der Waals surface area contributed by atoms with Crippen molar-refractivity contribution in [1.29, 1.82) is 5.26 Å². The highest BCUT2D eigenvalue weighted by Gasteiger charge is 2.04. The van der Waals surface area contributed by atoms with Crippen LogP contribution >= 0.6 is 15.9 Å². The third-order valence-corrected chi connectivity index (χ3v) is 3.71. The quantitative estimate of drug-likeness (QED) is 0.854. The molecule has 0 aromatic heterocycles. The molecule has 0 atom stereocenters. The average molecular weight is 315 g/mol. The maximum absolute atomic E-state index is 8.77. The minimum atomic E-state index is 0.706. The van der Waals surface area contributed by atoms with Crippen LogP contribution in [-0.4, -0.2) is 11.9 Å². The molecule has 0 saturated carbocycles. The van der Waals surface area contributed by atoms with Gasteiger partial charge in [0.25, 0.3) is 0 Å². The number of rotatable bonds is 4. The van der Waals surface area contributed by atoms with E-state index < -0.39 is 0 Å². The lowest BCUT2D eigenvalue weighted by Crippen LogP contribution is -2.17. The molecular formula is C16H15BrN2. The van der Waals surface area contributed by atoms with Gasteiger partial charge in [-0.05, 0) is 36.4 Å². The zero-order chi connectivity index (χ0) is 13.7. The number of halogens is 1. The van der Waals surface area contributed by atoms with Crippen LogP contribution in [0.5, 0.6) is 0 Å². The Morgan fingerprint density at radius 3 is 2.37 bits per heavy atom. The lowest BCUT2D eigenvalue weighted by atomic mass is 10.1. The molecule has 3 heteroatoms. The third-order valence-electron chi connectivity index (χ3n) is 2.93. The van der Waals surface area contributed by atoms with Gasteiger partial charge in [0.15, 0.2) is 0 Å². The van der Waals surface area contributed by atoms with Crippen LogP contribution in [0.1, 0.15) is 16.7 Å². The zero-order valence-corrected chi connectivity index (χ0v) is 12.4. The fourth-order valence-corrected chi connectivity index (χ4v) is 2.38. The molecule has 0 bridgehead atoms. The molecule has 0 heterocycles. The van der Waals surface area contributed by atoms with E-state index in [0.29, 0.717) is 5.56 Å². The molecule has 0 aliphatic heterocycles. The van der Waals surface area contributed by atoms with E-state index in [1.54, 1.807) is 0 Å². The molecule has 0 saturated heterocycles. The van der Waals surface area contributed by atoms with Crippen LogP contribution in [0.4, 0.5) is 0 Å². The summed E-state index contributed by atoms with van der Waals surface area (Å²) in [6.07, 6.45) is 0. The smallest absolute Gasteiger partial charge is 0.0991 e. The minimum Gasteiger partial charge on any atom is -0.298 e. The van der Waals surface area contributed by atoms with Gasteiger partial charge in [-0.25, -0.2) is 0 Å². The van der Waals surface area contributed by atoms with Crippen LogP contribution in [0.2, 0.25) is 0 Å². The van der Waals surface area contributed by atoms with E-state index in [2.05, 4.69) is 52.1 Å². The summed E-state index contributed by atoms with van der Waals surface area (Å²) in [5.74, 6) is 0. The Bertz CT molecular complexity index is 584. The van der Waals surface area contributed by atoms with E-state index >= 15 is 0 Å². The van der Waals surface area contributed by atoms with E-state index in [0.717, 1.165) is 17.6 Å². The molecule has 2 nitrogen and oxygen atoms in total. The number of hydrogen-bond donors (Lipinski definition) is 0. The summed E-state index contributed by atoms with van der Waals surface area (Å²) in [7, 11) is 2.09. The molecule has 0 fully saturated rings. The third kappa shape index (κ3) is 3.92. The lowest BCUT2D eigenvalue weighted by Gasteiger charge is -2.17. The largest absolute Gasteiger partial charge is 0.298 e. The lowest BCUT2D eigenvalue weighted by molar-refractivity contribution is 0.318. The van der Waals surface area contributed by atoms with Gasteiger partial charge in [0.05, 0.1) is 11.6 Å². The van der Waals surface area contributed by atoms with Crippen LogP contribution in [-0.2, 0) is 13.1 Å². The van der Waals surface area contributed by atoms with E-state index in [-0.39, 0.29) is 0 Å². The summed E-state index contributed by atoms with van der Waals surface area (Å²) in [6.45, 7) is 1.76. The van der Waals surface area contributed by atoms with Crippen molar-refractivity contribution in [3.63, 3.8) is 0 Å². The van der Waals surface area contributed by atoms with Gasteiger partial charge in [-0.3, -0.25) is 4.90 Å². The standard InChI is InChI=1S/C16H15BrN2/c1-19(12-15-4-2-3-5-16(15)17)11-14-8-6-13(10-18)7-9-14/h2-9H,11-12H2,1H3. The first-order valence-electron chi connectivity index (χ1n) is 6.10. The fourth-order valence-electron chi connectivity index (χ4n) is 1.97. The van der Waals surface area contributed by atoms with Crippen molar-refractivity contribution in [3.05, 3.63) is 69.7 Å². The molecule has 2 aromatic carbocycles. The van der Waals surface area contributed by atoms with Gasteiger partial charge in [0.1, 0.15) is 0 Å². The predicted molar refractivity (Wildman–Crippen MR) is 80.5 cm³/mol. The Morgan fingerprint density at radius 1 is 1.05 bits per heavy atom. The van der Waals surface area contributed by atoms with E-state index in [1.165, 1.54) is 11.1 Å². The Morgan fingerprint density at radius 2 is 1.74 bits per heavy atom. The molecule has 96 valence electrons. The second-order valence-electron chi connectivity index (χ2n) is 4.57. The molecule has 0 unspecified atom stereocenters. The molecule has 2 rings (SSSR count). The van der Waals surface area contributed by atoms with E-state index in [4.69, 9.17) is 5.26 Å². The first kappa shape index (κ1) is 13.8. The Labute approximate surface area is 122 Å². The maximum Gasteiger partial charge on any atom is 0.0991 e. The summed E-state index contributed by atoms with van der Waals surface area (Å²) >= 11 is 3.57. The molecule has 0 N–H and O–H groups in total. The van der Waals surface area contributed by atoms with Crippen LogP contribution < -0.4 is 0 Å². The molecule has 0 spiro atoms. The van der Waals surface area contributed by atoms with Crippen LogP contribution in [0.3, 0.4) is 0 Å². The van der Waals surface area contributed by atoms with Gasteiger partial charge >= 0.3 is 0 Å². The van der Waals surface area contributed by atoms with Gasteiger partial charge in [-0.2, -0.15) is 5.26 Å². The molecule has 0 aliphatic rings. The van der Waals surface area contributed by atoms with Crippen molar-refractivity contribution in [2.45, 2.75) is 13.1 Å². The van der Waals surface area contributed by atoms with Crippen molar-refractivity contribution in [2.75, 3.05) is 7.05 Å². The van der Waals surface area contributed by atoms with Crippen molar-refractivity contribution in [2.24, 2.45) is 0 Å². The predicted octanol–water partition coefficient (Wildman–Crippen LogP) is 3.95. The maximum atomic E-state index is 8.77. The van der Waals surface area contributed by atoms with Gasteiger partial charge < -0.3 is 0 Å². The number of hydrogen-bond acceptors (Lipinski definition) is 2. The molecule has 19 heavy (non-hydrogen) atoms. The average Bonchev–Trinajstić information content (AvgIpc) is 2.42. The molecule has 0 aliphatic carbocycles. The fraction of sp³-hybridized carbons (Fsp3) is 0.188. The minimum absolute atomic E-state index is 0.706. The topological polar surface area (TPSA) is 27.0 Å². The molecule has 2 aromatic rings. The zero-order valence-electron chi connectivity index (χ0n) is 10.8. The summed E-state index contributed by atoms with van der Waals surface area (Å²) in [5.41, 5.74) is 3.20. The SMILES string of the molecule is CN(Cc1ccc(C#N)cc1)Cc1ccccc1Br. The molecule has 0 amide bonds. The Hall–Kier alpha value is -1.63. The number of nitriles is 1. The first-order chi connectivity index (χ1) is 9.19. The van der Waals surface area contributed by atoms with E-state index in [9.17, 15) is 0 Å². The Balaban J connectivity index is 1.99. The summed E-state index contributed by atoms with van der Waals surface area (Å²) in [6, 6.07) is 18.1. The van der Waals surface area contributed by atoms with Crippen molar-refractivity contribution in [3.8, 4) is 6.07 Å². The van der Waals surface area contributed by atoms with Crippen LogP contribution in [0, 0.1) is 11.3 Å². The summed E-state index contributed by atoms with van der Waals surface area (Å²) in [4.78, 5) is 2.25. The highest BCUT2D eigenvalue weighted by atomic mass is 79.9. The normalized spacial score (nSPS) is 10.4. The first-order valence-corrected chi connectivity index (χ1v) is 6.89. The van der Waals surface area contributed by atoms with Gasteiger partial charge in [-0.15, -0.1) is 0 Å². The molecule has 0 radical (unpaired) electrons. The van der Waals surface area contributed by atoms with Gasteiger partial charge in [0.2, 0.25) is 0 Å². The van der Waals surface area contributed by atoms with Crippen molar-refractivity contribution >= 4 is 15.9 Å². The Kier molecular flexibility index (Phi) is 4.73. The second-order valence-corrected chi connectivity index (χ2v) is 5.43. The number of nitrogens with zero attached hydrogens (tertiary/aromatic N) is 2. The monoisotopic (exact) mass is 314 g/mol. The van der Waals surface area contributed by atoms with Gasteiger partial charge in [0, 0.05) is 17.6 Å².